The summed E-state index contributed by atoms with van der Waals surface area (Å²) in [6.45, 7) is 8.81. The number of carbonyl (C=O) groups excluding carboxylic acids is 1. The average molecular weight is 229 g/mol. The van der Waals surface area contributed by atoms with Gasteiger partial charge in [0, 0.05) is 6.54 Å². The van der Waals surface area contributed by atoms with Gasteiger partial charge < -0.3 is 4.90 Å². The monoisotopic (exact) mass is 229 g/mol. The molecule has 1 aliphatic heterocycles. The van der Waals surface area contributed by atoms with Gasteiger partial charge in [-0.25, -0.2) is 0 Å². The third-order valence-electron chi connectivity index (χ3n) is 3.36. The van der Waals surface area contributed by atoms with Crippen molar-refractivity contribution in [2.45, 2.75) is 26.3 Å². The summed E-state index contributed by atoms with van der Waals surface area (Å²) in [4.78, 5) is 13.8. The average Bonchev–Trinajstić information content (AvgIpc) is 2.65. The Morgan fingerprint density at radius 2 is 2.06 bits per heavy atom. The summed E-state index contributed by atoms with van der Waals surface area (Å²) in [5.74, 6) is 0.0319. The smallest absolute Gasteiger partial charge is 0.246 e. The molecule has 0 aromatic heterocycles. The highest BCUT2D eigenvalue weighted by Gasteiger charge is 2.39. The molecule has 1 aromatic carbocycles. The van der Waals surface area contributed by atoms with Gasteiger partial charge in [0.2, 0.25) is 5.91 Å². The summed E-state index contributed by atoms with van der Waals surface area (Å²) in [7, 11) is 0. The maximum atomic E-state index is 11.9. The fraction of sp³-hybridized carbons (Fsp3) is 0.400. The third-order valence-corrected chi connectivity index (χ3v) is 3.36. The molecular formula is C15H19NO. The van der Waals surface area contributed by atoms with Crippen molar-refractivity contribution in [3.8, 4) is 0 Å². The number of hydrogen-bond acceptors (Lipinski definition) is 1. The first kappa shape index (κ1) is 11.9. The zero-order valence-corrected chi connectivity index (χ0v) is 10.5. The molecule has 0 aliphatic carbocycles. The molecule has 2 nitrogen and oxygen atoms in total. The van der Waals surface area contributed by atoms with E-state index in [-0.39, 0.29) is 17.4 Å². The molecule has 1 heterocycles. The molecule has 0 bridgehead atoms. The van der Waals surface area contributed by atoms with Crippen molar-refractivity contribution < 1.29 is 4.79 Å². The van der Waals surface area contributed by atoms with Crippen molar-refractivity contribution in [1.29, 1.82) is 0 Å². The van der Waals surface area contributed by atoms with Crippen LogP contribution in [0.25, 0.3) is 0 Å². The van der Waals surface area contributed by atoms with Gasteiger partial charge in [0.05, 0.1) is 6.04 Å². The summed E-state index contributed by atoms with van der Waals surface area (Å²) in [6.07, 6.45) is 2.42. The summed E-state index contributed by atoms with van der Waals surface area (Å²) in [6, 6.07) is 10.4. The number of hydrogen-bond donors (Lipinski definition) is 0. The van der Waals surface area contributed by atoms with Gasteiger partial charge in [-0.1, -0.05) is 50.8 Å². The van der Waals surface area contributed by atoms with E-state index in [1.54, 1.807) is 0 Å². The topological polar surface area (TPSA) is 20.3 Å². The maximum Gasteiger partial charge on any atom is 0.246 e. The molecule has 1 amide bonds. The SMILES string of the molecule is C=CC(=O)N1CC(C)(C)CC1c1ccccc1. The molecule has 0 N–H and O–H groups in total. The first-order valence-corrected chi connectivity index (χ1v) is 6.01. The van der Waals surface area contributed by atoms with E-state index in [4.69, 9.17) is 0 Å². The van der Waals surface area contributed by atoms with Crippen LogP contribution >= 0.6 is 0 Å². The fourth-order valence-electron chi connectivity index (χ4n) is 2.59. The molecule has 1 aliphatic rings. The van der Waals surface area contributed by atoms with Gasteiger partial charge in [0.25, 0.3) is 0 Å². The molecule has 90 valence electrons. The lowest BCUT2D eigenvalue weighted by Gasteiger charge is -2.23. The van der Waals surface area contributed by atoms with Crippen LogP contribution in [-0.4, -0.2) is 17.4 Å². The lowest BCUT2D eigenvalue weighted by atomic mass is 9.89. The van der Waals surface area contributed by atoms with Crippen LogP contribution in [0.4, 0.5) is 0 Å². The van der Waals surface area contributed by atoms with E-state index in [9.17, 15) is 4.79 Å². The van der Waals surface area contributed by atoms with Crippen LogP contribution in [-0.2, 0) is 4.79 Å². The van der Waals surface area contributed by atoms with Crippen molar-refractivity contribution in [3.05, 3.63) is 48.6 Å². The van der Waals surface area contributed by atoms with Crippen molar-refractivity contribution in [2.75, 3.05) is 6.54 Å². The quantitative estimate of drug-likeness (QED) is 0.713. The molecule has 0 saturated carbocycles. The van der Waals surface area contributed by atoms with Crippen LogP contribution in [0.3, 0.4) is 0 Å². The van der Waals surface area contributed by atoms with Gasteiger partial charge in [0.15, 0.2) is 0 Å². The van der Waals surface area contributed by atoms with Crippen molar-refractivity contribution in [1.82, 2.24) is 4.90 Å². The van der Waals surface area contributed by atoms with E-state index in [2.05, 4.69) is 32.6 Å². The minimum absolute atomic E-state index is 0.0319. The highest BCUT2D eigenvalue weighted by molar-refractivity contribution is 5.87. The number of benzene rings is 1. The number of nitrogens with zero attached hydrogens (tertiary/aromatic N) is 1. The number of amides is 1. The zero-order valence-electron chi connectivity index (χ0n) is 10.5. The molecule has 1 atom stereocenters. The lowest BCUT2D eigenvalue weighted by molar-refractivity contribution is -0.127. The number of carbonyl (C=O) groups is 1. The number of rotatable bonds is 2. The molecule has 2 rings (SSSR count). The van der Waals surface area contributed by atoms with Gasteiger partial charge in [-0.15, -0.1) is 0 Å². The zero-order chi connectivity index (χ0) is 12.5. The van der Waals surface area contributed by atoms with Crippen LogP contribution in [0.2, 0.25) is 0 Å². The highest BCUT2D eigenvalue weighted by Crippen LogP contribution is 2.42. The Labute approximate surface area is 103 Å². The Balaban J connectivity index is 2.31. The predicted molar refractivity (Wildman–Crippen MR) is 69.5 cm³/mol. The molecule has 1 fully saturated rings. The fourth-order valence-corrected chi connectivity index (χ4v) is 2.59. The summed E-state index contributed by atoms with van der Waals surface area (Å²) < 4.78 is 0. The van der Waals surface area contributed by atoms with Crippen LogP contribution in [0.1, 0.15) is 31.9 Å². The number of likely N-dealkylation sites (tertiary alicyclic amines) is 1. The van der Waals surface area contributed by atoms with E-state index < -0.39 is 0 Å². The molecule has 1 unspecified atom stereocenters. The van der Waals surface area contributed by atoms with Gasteiger partial charge in [-0.2, -0.15) is 0 Å². The first-order valence-electron chi connectivity index (χ1n) is 6.01. The second-order valence-corrected chi connectivity index (χ2v) is 5.47. The molecule has 1 saturated heterocycles. The van der Waals surface area contributed by atoms with Crippen LogP contribution in [0.5, 0.6) is 0 Å². The first-order chi connectivity index (χ1) is 8.03. The van der Waals surface area contributed by atoms with E-state index >= 15 is 0 Å². The van der Waals surface area contributed by atoms with Crippen molar-refractivity contribution in [3.63, 3.8) is 0 Å². The predicted octanol–water partition coefficient (Wildman–Crippen LogP) is 3.17. The van der Waals surface area contributed by atoms with Crippen LogP contribution in [0, 0.1) is 5.41 Å². The van der Waals surface area contributed by atoms with Gasteiger partial charge in [0.1, 0.15) is 0 Å². The van der Waals surface area contributed by atoms with Gasteiger partial charge in [-0.3, -0.25) is 4.79 Å². The Hall–Kier alpha value is -1.57. The summed E-state index contributed by atoms with van der Waals surface area (Å²) >= 11 is 0. The van der Waals surface area contributed by atoms with Crippen molar-refractivity contribution >= 4 is 5.91 Å². The largest absolute Gasteiger partial charge is 0.332 e. The molecule has 1 aromatic rings. The Morgan fingerprint density at radius 1 is 1.41 bits per heavy atom. The van der Waals surface area contributed by atoms with E-state index in [1.165, 1.54) is 11.6 Å². The Morgan fingerprint density at radius 3 is 2.65 bits per heavy atom. The Bertz CT molecular complexity index is 422. The van der Waals surface area contributed by atoms with E-state index in [0.717, 1.165) is 13.0 Å². The molecule has 17 heavy (non-hydrogen) atoms. The molecule has 0 spiro atoms. The minimum atomic E-state index is 0.0319. The standard InChI is InChI=1S/C15H19NO/c1-4-14(17)16-11-15(2,3)10-13(16)12-8-6-5-7-9-12/h4-9,13H,1,10-11H2,2-3H3. The second kappa shape index (κ2) is 4.36. The highest BCUT2D eigenvalue weighted by atomic mass is 16.2. The molecule has 2 heteroatoms. The van der Waals surface area contributed by atoms with Crippen LogP contribution < -0.4 is 0 Å². The second-order valence-electron chi connectivity index (χ2n) is 5.47. The molecule has 0 radical (unpaired) electrons. The minimum Gasteiger partial charge on any atom is -0.332 e. The molecular weight excluding hydrogens is 210 g/mol. The van der Waals surface area contributed by atoms with E-state index in [1.807, 2.05) is 23.1 Å². The van der Waals surface area contributed by atoms with Crippen LogP contribution in [0.15, 0.2) is 43.0 Å². The van der Waals surface area contributed by atoms with Gasteiger partial charge in [-0.05, 0) is 23.5 Å². The van der Waals surface area contributed by atoms with Gasteiger partial charge >= 0.3 is 0 Å². The normalized spacial score (nSPS) is 22.5. The lowest BCUT2D eigenvalue weighted by Crippen LogP contribution is -2.30. The Kier molecular flexibility index (Phi) is 3.05. The summed E-state index contributed by atoms with van der Waals surface area (Å²) in [5, 5.41) is 0. The third kappa shape index (κ3) is 2.41. The van der Waals surface area contributed by atoms with Crippen molar-refractivity contribution in [2.24, 2.45) is 5.41 Å². The summed E-state index contributed by atoms with van der Waals surface area (Å²) in [5.41, 5.74) is 1.40. The maximum absolute atomic E-state index is 11.9. The van der Waals surface area contributed by atoms with E-state index in [0.29, 0.717) is 0 Å².